The monoisotopic (exact) mass is 544 g/mol. The zero-order chi connectivity index (χ0) is 28.2. The van der Waals surface area contributed by atoms with Crippen molar-refractivity contribution in [2.45, 2.75) is 57.7 Å². The number of likely N-dealkylation sites (tertiary alicyclic amines) is 1. The van der Waals surface area contributed by atoms with Crippen LogP contribution in [0.1, 0.15) is 54.9 Å². The van der Waals surface area contributed by atoms with Crippen LogP contribution in [-0.4, -0.2) is 84.3 Å². The molecule has 1 aromatic carbocycles. The predicted octanol–water partition coefficient (Wildman–Crippen LogP) is 3.04. The molecule has 212 valence electrons. The molecule has 3 rings (SSSR count). The van der Waals surface area contributed by atoms with Gasteiger partial charge in [-0.15, -0.1) is 0 Å². The molecule has 1 fully saturated rings. The normalized spacial score (nSPS) is 21.5. The number of benzene rings is 1. The van der Waals surface area contributed by atoms with E-state index < -0.39 is 29.9 Å². The molecular weight excluding hydrogens is 508 g/mol. The lowest BCUT2D eigenvalue weighted by atomic mass is 9.99. The molecule has 0 aliphatic carbocycles. The topological polar surface area (TPSA) is 144 Å². The van der Waals surface area contributed by atoms with E-state index in [9.17, 15) is 24.6 Å². The number of oxime groups is 1. The minimum absolute atomic E-state index is 0.0152. The summed E-state index contributed by atoms with van der Waals surface area (Å²) in [5.74, 6) is -2.11. The SMILES string of the molecule is COC(=O)COC1C=CCC(C)OC(=O)c2c(O)cc(O)cc2CC(=NOCC(=O)N2CCCCC2)C=CC1. The summed E-state index contributed by atoms with van der Waals surface area (Å²) in [6, 6.07) is 2.41. The minimum Gasteiger partial charge on any atom is -0.508 e. The number of amides is 1. The van der Waals surface area contributed by atoms with Crippen molar-refractivity contribution in [3.63, 3.8) is 0 Å². The smallest absolute Gasteiger partial charge is 0.342 e. The second-order valence-corrected chi connectivity index (χ2v) is 9.42. The van der Waals surface area contributed by atoms with Gasteiger partial charge in [-0.2, -0.15) is 0 Å². The summed E-state index contributed by atoms with van der Waals surface area (Å²) >= 11 is 0. The number of phenolic OH excluding ortho intramolecular Hbond substituents is 2. The van der Waals surface area contributed by atoms with Crippen LogP contribution in [0.3, 0.4) is 0 Å². The largest absolute Gasteiger partial charge is 0.508 e. The summed E-state index contributed by atoms with van der Waals surface area (Å²) in [6.07, 6.45) is 9.65. The highest BCUT2D eigenvalue weighted by Crippen LogP contribution is 2.29. The number of aromatic hydroxyl groups is 2. The number of methoxy groups -OCH3 is 1. The van der Waals surface area contributed by atoms with Crippen LogP contribution in [0.2, 0.25) is 0 Å². The molecule has 11 heteroatoms. The van der Waals surface area contributed by atoms with Crippen molar-refractivity contribution in [3.05, 3.63) is 47.6 Å². The van der Waals surface area contributed by atoms with Crippen molar-refractivity contribution in [2.24, 2.45) is 5.16 Å². The van der Waals surface area contributed by atoms with E-state index in [1.54, 1.807) is 36.1 Å². The van der Waals surface area contributed by atoms with Gasteiger partial charge in [0.1, 0.15) is 29.8 Å². The summed E-state index contributed by atoms with van der Waals surface area (Å²) in [5.41, 5.74) is 0.497. The van der Waals surface area contributed by atoms with Gasteiger partial charge < -0.3 is 34.2 Å². The maximum Gasteiger partial charge on any atom is 0.342 e. The Kier molecular flexibility index (Phi) is 11.4. The van der Waals surface area contributed by atoms with E-state index in [0.29, 0.717) is 31.6 Å². The lowest BCUT2D eigenvalue weighted by Gasteiger charge is -2.26. The average molecular weight is 545 g/mol. The minimum atomic E-state index is -0.761. The Bertz CT molecular complexity index is 1110. The lowest BCUT2D eigenvalue weighted by molar-refractivity contribution is -0.147. The summed E-state index contributed by atoms with van der Waals surface area (Å²) in [6.45, 7) is 2.59. The number of piperidine rings is 1. The summed E-state index contributed by atoms with van der Waals surface area (Å²) < 4.78 is 15.8. The molecule has 0 aromatic heterocycles. The van der Waals surface area contributed by atoms with E-state index >= 15 is 0 Å². The quantitative estimate of drug-likeness (QED) is 0.314. The van der Waals surface area contributed by atoms with Crippen molar-refractivity contribution in [3.8, 4) is 11.5 Å². The molecule has 0 radical (unpaired) electrons. The maximum atomic E-state index is 13.0. The number of carbonyl (C=O) groups excluding carboxylic acids is 3. The molecule has 0 bridgehead atoms. The van der Waals surface area contributed by atoms with E-state index in [2.05, 4.69) is 9.89 Å². The van der Waals surface area contributed by atoms with Crippen molar-refractivity contribution in [2.75, 3.05) is 33.4 Å². The molecule has 0 saturated carbocycles. The third kappa shape index (κ3) is 9.43. The number of hydrogen-bond acceptors (Lipinski definition) is 10. The first-order valence-corrected chi connectivity index (χ1v) is 13.0. The van der Waals surface area contributed by atoms with Gasteiger partial charge in [-0.25, -0.2) is 9.59 Å². The molecule has 2 N–H and O–H groups in total. The molecular formula is C28H36N2O9. The van der Waals surface area contributed by atoms with E-state index in [0.717, 1.165) is 25.3 Å². The Morgan fingerprint density at radius 1 is 1.10 bits per heavy atom. The molecule has 1 saturated heterocycles. The fourth-order valence-corrected chi connectivity index (χ4v) is 4.25. The summed E-state index contributed by atoms with van der Waals surface area (Å²) in [4.78, 5) is 44.2. The second-order valence-electron chi connectivity index (χ2n) is 9.42. The Balaban J connectivity index is 1.87. The highest BCUT2D eigenvalue weighted by atomic mass is 16.6. The van der Waals surface area contributed by atoms with Gasteiger partial charge in [-0.1, -0.05) is 23.4 Å². The van der Waals surface area contributed by atoms with Crippen LogP contribution in [0.4, 0.5) is 0 Å². The van der Waals surface area contributed by atoms with E-state index in [1.807, 2.05) is 0 Å². The molecule has 1 aromatic rings. The van der Waals surface area contributed by atoms with Crippen LogP contribution in [0.25, 0.3) is 0 Å². The third-order valence-electron chi connectivity index (χ3n) is 6.29. The number of carbonyl (C=O) groups is 3. The summed E-state index contributed by atoms with van der Waals surface area (Å²) in [7, 11) is 1.27. The number of hydrogen-bond donors (Lipinski definition) is 2. The van der Waals surface area contributed by atoms with Crippen LogP contribution in [0.15, 0.2) is 41.6 Å². The van der Waals surface area contributed by atoms with Gasteiger partial charge in [0.05, 0.1) is 18.9 Å². The number of cyclic esters (lactones) is 1. The Hall–Kier alpha value is -3.86. The van der Waals surface area contributed by atoms with Gasteiger partial charge in [0.2, 0.25) is 0 Å². The first-order valence-electron chi connectivity index (χ1n) is 13.0. The predicted molar refractivity (Wildman–Crippen MR) is 141 cm³/mol. The first-order chi connectivity index (χ1) is 18.8. The number of allylic oxidation sites excluding steroid dienone is 1. The fraction of sp³-hybridized carbons (Fsp3) is 0.500. The van der Waals surface area contributed by atoms with E-state index in [-0.39, 0.29) is 42.4 Å². The molecule has 11 nitrogen and oxygen atoms in total. The number of ether oxygens (including phenoxy) is 3. The number of fused-ring (bicyclic) bond motifs is 1. The van der Waals surface area contributed by atoms with E-state index in [1.165, 1.54) is 13.2 Å². The lowest BCUT2D eigenvalue weighted by Crippen LogP contribution is -2.37. The van der Waals surface area contributed by atoms with Crippen LogP contribution < -0.4 is 0 Å². The van der Waals surface area contributed by atoms with Gasteiger partial charge in [0.25, 0.3) is 5.91 Å². The van der Waals surface area contributed by atoms with Gasteiger partial charge in [0, 0.05) is 32.0 Å². The second kappa shape index (κ2) is 14.9. The highest BCUT2D eigenvalue weighted by Gasteiger charge is 2.23. The first kappa shape index (κ1) is 29.7. The van der Waals surface area contributed by atoms with Crippen molar-refractivity contribution < 1.29 is 43.6 Å². The van der Waals surface area contributed by atoms with Crippen LogP contribution in [0, 0.1) is 0 Å². The number of nitrogens with zero attached hydrogens (tertiary/aromatic N) is 2. The number of phenols is 2. The number of rotatable bonds is 6. The Labute approximate surface area is 227 Å². The van der Waals surface area contributed by atoms with Crippen LogP contribution >= 0.6 is 0 Å². The van der Waals surface area contributed by atoms with Crippen molar-refractivity contribution in [1.29, 1.82) is 0 Å². The molecule has 0 spiro atoms. The van der Waals surface area contributed by atoms with Crippen molar-refractivity contribution in [1.82, 2.24) is 4.90 Å². The van der Waals surface area contributed by atoms with Crippen molar-refractivity contribution >= 4 is 23.6 Å². The fourth-order valence-electron chi connectivity index (χ4n) is 4.25. The van der Waals surface area contributed by atoms with E-state index in [4.69, 9.17) is 14.3 Å². The molecule has 1 amide bonds. The Morgan fingerprint density at radius 2 is 1.87 bits per heavy atom. The van der Waals surface area contributed by atoms with Gasteiger partial charge >= 0.3 is 11.9 Å². The summed E-state index contributed by atoms with van der Waals surface area (Å²) in [5, 5.41) is 24.7. The Morgan fingerprint density at radius 3 is 2.62 bits per heavy atom. The molecule has 2 aliphatic heterocycles. The third-order valence-corrected chi connectivity index (χ3v) is 6.29. The average Bonchev–Trinajstić information content (AvgIpc) is 2.90. The standard InChI is InChI=1S/C28H36N2O9/c1-19-8-6-10-23(37-18-26(34)36-2)11-7-9-21(29-38-17-25(33)30-12-4-3-5-13-30)14-20-15-22(31)16-24(32)27(20)28(35)39-19/h6-7,9-10,15-16,19,23,31-32H,3-5,8,11-14,17-18H2,1-2H3. The molecule has 2 atom stereocenters. The zero-order valence-corrected chi connectivity index (χ0v) is 22.3. The van der Waals surface area contributed by atoms with Gasteiger partial charge in [-0.3, -0.25) is 4.79 Å². The highest BCUT2D eigenvalue weighted by molar-refractivity contribution is 6.00. The van der Waals surface area contributed by atoms with Crippen LogP contribution in [0.5, 0.6) is 11.5 Å². The molecule has 2 aliphatic rings. The number of esters is 2. The van der Waals surface area contributed by atoms with Crippen LogP contribution in [-0.2, 0) is 35.1 Å². The molecule has 2 heterocycles. The molecule has 2 unspecified atom stereocenters. The maximum absolute atomic E-state index is 13.0. The van der Waals surface area contributed by atoms with Gasteiger partial charge in [-0.05, 0) is 50.3 Å². The zero-order valence-electron chi connectivity index (χ0n) is 22.3. The van der Waals surface area contributed by atoms with Gasteiger partial charge in [0.15, 0.2) is 6.61 Å². The molecule has 39 heavy (non-hydrogen) atoms.